The van der Waals surface area contributed by atoms with E-state index in [9.17, 15) is 9.59 Å². The molecule has 1 aliphatic rings. The smallest absolute Gasteiger partial charge is 0.282 e. The lowest BCUT2D eigenvalue weighted by Gasteiger charge is -2.18. The van der Waals surface area contributed by atoms with Crippen LogP contribution in [-0.4, -0.2) is 11.8 Å². The molecule has 0 unspecified atom stereocenters. The van der Waals surface area contributed by atoms with Crippen LogP contribution in [0.3, 0.4) is 0 Å². The van der Waals surface area contributed by atoms with Gasteiger partial charge in [-0.2, -0.15) is 0 Å². The number of amides is 2. The number of nitrogens with one attached hydrogen (secondary N) is 1. The summed E-state index contributed by atoms with van der Waals surface area (Å²) in [6.45, 7) is 5.80. The van der Waals surface area contributed by atoms with E-state index in [-0.39, 0.29) is 11.6 Å². The number of anilines is 2. The van der Waals surface area contributed by atoms with Gasteiger partial charge in [-0.15, -0.1) is 0 Å². The zero-order valence-corrected chi connectivity index (χ0v) is 17.7. The van der Waals surface area contributed by atoms with Crippen LogP contribution >= 0.6 is 11.6 Å². The molecule has 0 bridgehead atoms. The van der Waals surface area contributed by atoms with Crippen molar-refractivity contribution in [3.05, 3.63) is 99.7 Å². The number of carbonyl (C=O) groups excluding carboxylic acids is 2. The Balaban J connectivity index is 1.87. The number of hydrogen-bond donors (Lipinski definition) is 1. The summed E-state index contributed by atoms with van der Waals surface area (Å²) in [6, 6.07) is 20.3. The second-order valence-corrected chi connectivity index (χ2v) is 7.73. The maximum Gasteiger partial charge on any atom is 0.282 e. The fraction of sp³-hybridized carbons (Fsp3) is 0.120. The summed E-state index contributed by atoms with van der Waals surface area (Å²) in [4.78, 5) is 28.2. The van der Waals surface area contributed by atoms with Crippen molar-refractivity contribution in [2.45, 2.75) is 20.8 Å². The van der Waals surface area contributed by atoms with Gasteiger partial charge in [-0.1, -0.05) is 60.1 Å². The fourth-order valence-electron chi connectivity index (χ4n) is 3.60. The first-order valence-electron chi connectivity index (χ1n) is 9.67. The minimum absolute atomic E-state index is 0.263. The van der Waals surface area contributed by atoms with Gasteiger partial charge in [-0.05, 0) is 61.2 Å². The Labute approximate surface area is 180 Å². The number of rotatable bonds is 4. The van der Waals surface area contributed by atoms with Crippen LogP contribution in [0.15, 0.2) is 72.4 Å². The van der Waals surface area contributed by atoms with Gasteiger partial charge in [0.1, 0.15) is 5.70 Å². The third kappa shape index (κ3) is 3.29. The van der Waals surface area contributed by atoms with Crippen LogP contribution in [-0.2, 0) is 9.59 Å². The summed E-state index contributed by atoms with van der Waals surface area (Å²) >= 11 is 6.27. The van der Waals surface area contributed by atoms with Crippen LogP contribution in [0.25, 0.3) is 5.57 Å². The predicted molar refractivity (Wildman–Crippen MR) is 122 cm³/mol. The maximum atomic E-state index is 13.5. The molecule has 0 radical (unpaired) electrons. The lowest BCUT2D eigenvalue weighted by molar-refractivity contribution is -0.120. The molecule has 2 amide bonds. The monoisotopic (exact) mass is 416 g/mol. The molecule has 1 heterocycles. The van der Waals surface area contributed by atoms with Crippen molar-refractivity contribution in [2.75, 3.05) is 10.2 Å². The Morgan fingerprint density at radius 1 is 0.767 bits per heavy atom. The van der Waals surface area contributed by atoms with E-state index in [4.69, 9.17) is 11.6 Å². The Kier molecular flexibility index (Phi) is 5.18. The molecule has 1 aliphatic heterocycles. The fourth-order valence-corrected chi connectivity index (χ4v) is 3.77. The van der Waals surface area contributed by atoms with Gasteiger partial charge in [-0.3, -0.25) is 9.59 Å². The number of halogens is 1. The van der Waals surface area contributed by atoms with Gasteiger partial charge in [0.15, 0.2) is 0 Å². The molecule has 5 heteroatoms. The first-order chi connectivity index (χ1) is 14.4. The van der Waals surface area contributed by atoms with Gasteiger partial charge >= 0.3 is 0 Å². The van der Waals surface area contributed by atoms with Crippen LogP contribution in [0.5, 0.6) is 0 Å². The van der Waals surface area contributed by atoms with E-state index >= 15 is 0 Å². The van der Waals surface area contributed by atoms with Gasteiger partial charge in [-0.25, -0.2) is 4.90 Å². The number of benzene rings is 3. The molecule has 0 saturated carbocycles. The molecule has 0 atom stereocenters. The van der Waals surface area contributed by atoms with Gasteiger partial charge in [0.25, 0.3) is 11.8 Å². The molecule has 30 heavy (non-hydrogen) atoms. The number of nitrogens with zero attached hydrogens (tertiary/aromatic N) is 1. The molecular weight excluding hydrogens is 396 g/mol. The Morgan fingerprint density at radius 3 is 2.20 bits per heavy atom. The van der Waals surface area contributed by atoms with Gasteiger partial charge in [0, 0.05) is 10.7 Å². The van der Waals surface area contributed by atoms with E-state index in [1.807, 2.05) is 62.4 Å². The van der Waals surface area contributed by atoms with E-state index < -0.39 is 5.91 Å². The maximum absolute atomic E-state index is 13.5. The van der Waals surface area contributed by atoms with Crippen molar-refractivity contribution in [3.8, 4) is 0 Å². The molecule has 150 valence electrons. The summed E-state index contributed by atoms with van der Waals surface area (Å²) in [6.07, 6.45) is 0. The van der Waals surface area contributed by atoms with Gasteiger partial charge < -0.3 is 5.32 Å². The molecule has 0 aliphatic carbocycles. The van der Waals surface area contributed by atoms with Crippen LogP contribution in [0.1, 0.15) is 22.3 Å². The van der Waals surface area contributed by atoms with Crippen molar-refractivity contribution in [1.29, 1.82) is 0 Å². The van der Waals surface area contributed by atoms with Crippen molar-refractivity contribution in [1.82, 2.24) is 0 Å². The highest BCUT2D eigenvalue weighted by Gasteiger charge is 2.41. The summed E-state index contributed by atoms with van der Waals surface area (Å²) in [5.41, 5.74) is 5.39. The van der Waals surface area contributed by atoms with Crippen LogP contribution in [0.2, 0.25) is 5.02 Å². The third-order valence-corrected chi connectivity index (χ3v) is 5.90. The van der Waals surface area contributed by atoms with E-state index in [1.165, 1.54) is 4.90 Å². The molecule has 0 spiro atoms. The van der Waals surface area contributed by atoms with E-state index in [1.54, 1.807) is 25.1 Å². The van der Waals surface area contributed by atoms with Crippen molar-refractivity contribution < 1.29 is 9.59 Å². The highest BCUT2D eigenvalue weighted by Crippen LogP contribution is 2.37. The van der Waals surface area contributed by atoms with Gasteiger partial charge in [0.2, 0.25) is 0 Å². The molecule has 3 aromatic carbocycles. The lowest BCUT2D eigenvalue weighted by Crippen LogP contribution is -2.33. The number of carbonyl (C=O) groups is 2. The largest absolute Gasteiger partial charge is 0.350 e. The average Bonchev–Trinajstić information content (AvgIpc) is 2.98. The standard InChI is InChI=1S/C25H21ClN2O2/c1-15-9-7-13-20(16(15)2)27-23-22(18-10-5-4-6-11-18)24(29)28(25(23)30)21-14-8-12-19(26)17(21)3/h4-14,27H,1-3H3. The molecule has 0 aromatic heterocycles. The minimum Gasteiger partial charge on any atom is -0.350 e. The Bertz CT molecular complexity index is 1200. The highest BCUT2D eigenvalue weighted by molar-refractivity contribution is 6.46. The lowest BCUT2D eigenvalue weighted by atomic mass is 10.0. The predicted octanol–water partition coefficient (Wildman–Crippen LogP) is 5.66. The summed E-state index contributed by atoms with van der Waals surface area (Å²) < 4.78 is 0. The zero-order chi connectivity index (χ0) is 21.4. The van der Waals surface area contributed by atoms with Crippen molar-refractivity contribution >= 4 is 40.4 Å². The van der Waals surface area contributed by atoms with E-state index in [0.717, 1.165) is 16.8 Å². The third-order valence-electron chi connectivity index (χ3n) is 5.49. The zero-order valence-electron chi connectivity index (χ0n) is 17.0. The number of hydrogen-bond acceptors (Lipinski definition) is 3. The van der Waals surface area contributed by atoms with Gasteiger partial charge in [0.05, 0.1) is 11.3 Å². The first kappa shape index (κ1) is 19.9. The normalized spacial score (nSPS) is 13.9. The van der Waals surface area contributed by atoms with Crippen LogP contribution < -0.4 is 10.2 Å². The number of imide groups is 1. The van der Waals surface area contributed by atoms with Crippen LogP contribution in [0, 0.1) is 20.8 Å². The minimum atomic E-state index is -0.398. The van der Waals surface area contributed by atoms with Crippen molar-refractivity contribution in [3.63, 3.8) is 0 Å². The molecule has 1 N–H and O–H groups in total. The molecule has 3 aromatic rings. The first-order valence-corrected chi connectivity index (χ1v) is 10.0. The Hall–Kier alpha value is -3.37. The topological polar surface area (TPSA) is 49.4 Å². The second kappa shape index (κ2) is 7.81. The summed E-state index contributed by atoms with van der Waals surface area (Å²) in [5.74, 6) is -0.769. The molecular formula is C25H21ClN2O2. The molecule has 0 fully saturated rings. The SMILES string of the molecule is Cc1cccc(NC2=C(c3ccccc3)C(=O)N(c3cccc(Cl)c3C)C2=O)c1C. The quantitative estimate of drug-likeness (QED) is 0.558. The Morgan fingerprint density at radius 2 is 1.47 bits per heavy atom. The molecule has 4 nitrogen and oxygen atoms in total. The number of aryl methyl sites for hydroxylation is 1. The second-order valence-electron chi connectivity index (χ2n) is 7.32. The summed E-state index contributed by atoms with van der Waals surface area (Å²) in [5, 5.41) is 3.75. The average molecular weight is 417 g/mol. The van der Waals surface area contributed by atoms with E-state index in [0.29, 0.717) is 27.4 Å². The molecule has 0 saturated heterocycles. The van der Waals surface area contributed by atoms with Crippen molar-refractivity contribution in [2.24, 2.45) is 0 Å². The van der Waals surface area contributed by atoms with E-state index in [2.05, 4.69) is 5.32 Å². The molecule has 4 rings (SSSR count). The van der Waals surface area contributed by atoms with Crippen LogP contribution in [0.4, 0.5) is 11.4 Å². The summed E-state index contributed by atoms with van der Waals surface area (Å²) in [7, 11) is 0. The highest BCUT2D eigenvalue weighted by atomic mass is 35.5.